The van der Waals surface area contributed by atoms with E-state index >= 15 is 0 Å². The van der Waals surface area contributed by atoms with E-state index in [1.165, 1.54) is 0 Å². The average molecular weight is 260 g/mol. The van der Waals surface area contributed by atoms with Gasteiger partial charge in [-0.05, 0) is 20.3 Å². The number of aromatic nitrogens is 2. The van der Waals surface area contributed by atoms with Crippen LogP contribution in [0.5, 0.6) is 0 Å². The first-order valence-electron chi connectivity index (χ1n) is 6.08. The van der Waals surface area contributed by atoms with Gasteiger partial charge in [-0.2, -0.15) is 5.10 Å². The van der Waals surface area contributed by atoms with Crippen molar-refractivity contribution in [2.75, 3.05) is 13.7 Å². The minimum absolute atomic E-state index is 0.358. The fourth-order valence-corrected chi connectivity index (χ4v) is 2.00. The summed E-state index contributed by atoms with van der Waals surface area (Å²) >= 11 is 6.24. The van der Waals surface area contributed by atoms with Crippen LogP contribution in [0.1, 0.15) is 31.7 Å². The summed E-state index contributed by atoms with van der Waals surface area (Å²) < 4.78 is 7.11. The van der Waals surface area contributed by atoms with Gasteiger partial charge in [-0.15, -0.1) is 0 Å². The molecule has 17 heavy (non-hydrogen) atoms. The van der Waals surface area contributed by atoms with Crippen molar-refractivity contribution >= 4 is 11.6 Å². The van der Waals surface area contributed by atoms with Crippen molar-refractivity contribution < 1.29 is 4.74 Å². The van der Waals surface area contributed by atoms with Crippen LogP contribution in [0.3, 0.4) is 0 Å². The minimum Gasteiger partial charge on any atom is -0.383 e. The van der Waals surface area contributed by atoms with E-state index in [1.807, 2.05) is 11.6 Å². The van der Waals surface area contributed by atoms with Crippen molar-refractivity contribution in [1.29, 1.82) is 0 Å². The van der Waals surface area contributed by atoms with Crippen LogP contribution in [-0.4, -0.2) is 29.5 Å². The number of ether oxygens (including phenoxy) is 1. The molecule has 0 aromatic carbocycles. The Morgan fingerprint density at radius 1 is 1.47 bits per heavy atom. The quantitative estimate of drug-likeness (QED) is 0.817. The largest absolute Gasteiger partial charge is 0.383 e. The minimum atomic E-state index is 0.358. The molecule has 0 spiro atoms. The number of hydrogen-bond donors (Lipinski definition) is 1. The lowest BCUT2D eigenvalue weighted by Crippen LogP contribution is -2.32. The normalized spacial score (nSPS) is 13.0. The summed E-state index contributed by atoms with van der Waals surface area (Å²) in [5.41, 5.74) is 1.95. The fraction of sp³-hybridized carbons (Fsp3) is 0.750. The van der Waals surface area contributed by atoms with E-state index in [2.05, 4.69) is 24.3 Å². The van der Waals surface area contributed by atoms with Gasteiger partial charge >= 0.3 is 0 Å². The van der Waals surface area contributed by atoms with Crippen molar-refractivity contribution in [3.05, 3.63) is 16.4 Å². The van der Waals surface area contributed by atoms with Gasteiger partial charge in [0, 0.05) is 26.2 Å². The average Bonchev–Trinajstić information content (AvgIpc) is 2.61. The number of nitrogens with zero attached hydrogens (tertiary/aromatic N) is 2. The van der Waals surface area contributed by atoms with Gasteiger partial charge in [-0.1, -0.05) is 18.5 Å². The maximum absolute atomic E-state index is 6.24. The first-order chi connectivity index (χ1) is 8.13. The summed E-state index contributed by atoms with van der Waals surface area (Å²) in [5.74, 6) is 0. The SMILES string of the molecule is CCC(COC)NCc1c(Cl)c(C)nn1CC. The molecule has 1 atom stereocenters. The van der Waals surface area contributed by atoms with Crippen LogP contribution < -0.4 is 5.32 Å². The first kappa shape index (κ1) is 14.5. The van der Waals surface area contributed by atoms with Gasteiger partial charge in [0.25, 0.3) is 0 Å². The van der Waals surface area contributed by atoms with Crippen LogP contribution in [0.15, 0.2) is 0 Å². The van der Waals surface area contributed by atoms with Crippen LogP contribution >= 0.6 is 11.6 Å². The second-order valence-corrected chi connectivity index (χ2v) is 4.48. The van der Waals surface area contributed by atoms with E-state index in [0.717, 1.165) is 35.9 Å². The highest BCUT2D eigenvalue weighted by Gasteiger charge is 2.13. The summed E-state index contributed by atoms with van der Waals surface area (Å²) in [5, 5.41) is 8.61. The standard InChI is InChI=1S/C12H22ClN3O/c1-5-10(8-17-4)14-7-11-12(13)9(3)15-16(11)6-2/h10,14H,5-8H2,1-4H3. The highest BCUT2D eigenvalue weighted by Crippen LogP contribution is 2.20. The van der Waals surface area contributed by atoms with Crippen molar-refractivity contribution in [3.63, 3.8) is 0 Å². The van der Waals surface area contributed by atoms with Crippen LogP contribution in [-0.2, 0) is 17.8 Å². The molecule has 5 heteroatoms. The van der Waals surface area contributed by atoms with Gasteiger partial charge < -0.3 is 10.1 Å². The Morgan fingerprint density at radius 3 is 2.71 bits per heavy atom. The molecule has 1 heterocycles. The molecule has 0 bridgehead atoms. The van der Waals surface area contributed by atoms with E-state index in [9.17, 15) is 0 Å². The molecule has 0 aliphatic rings. The van der Waals surface area contributed by atoms with Gasteiger partial charge in [-0.25, -0.2) is 0 Å². The highest BCUT2D eigenvalue weighted by atomic mass is 35.5. The van der Waals surface area contributed by atoms with E-state index in [0.29, 0.717) is 12.6 Å². The summed E-state index contributed by atoms with van der Waals surface area (Å²) in [6.45, 7) is 8.43. The molecule has 98 valence electrons. The molecule has 1 unspecified atom stereocenters. The molecule has 1 N–H and O–H groups in total. The lowest BCUT2D eigenvalue weighted by Gasteiger charge is -2.16. The second-order valence-electron chi connectivity index (χ2n) is 4.10. The van der Waals surface area contributed by atoms with E-state index < -0.39 is 0 Å². The Morgan fingerprint density at radius 2 is 2.18 bits per heavy atom. The van der Waals surface area contributed by atoms with Crippen molar-refractivity contribution in [1.82, 2.24) is 15.1 Å². The summed E-state index contributed by atoms with van der Waals surface area (Å²) in [4.78, 5) is 0. The van der Waals surface area contributed by atoms with Gasteiger partial charge in [0.15, 0.2) is 0 Å². The third-order valence-corrected chi connectivity index (χ3v) is 3.36. The smallest absolute Gasteiger partial charge is 0.0860 e. The molecule has 0 fully saturated rings. The van der Waals surface area contributed by atoms with Crippen LogP contribution in [0.25, 0.3) is 0 Å². The Labute approximate surface area is 108 Å². The number of nitrogens with one attached hydrogen (secondary N) is 1. The maximum Gasteiger partial charge on any atom is 0.0860 e. The van der Waals surface area contributed by atoms with Crippen LogP contribution in [0.4, 0.5) is 0 Å². The van der Waals surface area contributed by atoms with Crippen LogP contribution in [0, 0.1) is 6.92 Å². The highest BCUT2D eigenvalue weighted by molar-refractivity contribution is 6.31. The third kappa shape index (κ3) is 3.69. The summed E-state index contributed by atoms with van der Waals surface area (Å²) in [7, 11) is 1.72. The van der Waals surface area contributed by atoms with Gasteiger partial charge in [0.1, 0.15) is 0 Å². The molecule has 0 saturated heterocycles. The zero-order valence-electron chi connectivity index (χ0n) is 11.1. The number of rotatable bonds is 7. The number of hydrogen-bond acceptors (Lipinski definition) is 3. The van der Waals surface area contributed by atoms with Crippen molar-refractivity contribution in [3.8, 4) is 0 Å². The fourth-order valence-electron chi connectivity index (χ4n) is 1.80. The Kier molecular flexibility index (Phi) is 5.95. The molecular formula is C12H22ClN3O. The molecular weight excluding hydrogens is 238 g/mol. The lowest BCUT2D eigenvalue weighted by molar-refractivity contribution is 0.163. The lowest BCUT2D eigenvalue weighted by atomic mass is 10.2. The predicted octanol–water partition coefficient (Wildman–Crippen LogP) is 2.38. The predicted molar refractivity (Wildman–Crippen MR) is 70.4 cm³/mol. The van der Waals surface area contributed by atoms with E-state index in [-0.39, 0.29) is 0 Å². The molecule has 1 rings (SSSR count). The molecule has 0 saturated carbocycles. The monoisotopic (exact) mass is 259 g/mol. The Bertz CT molecular complexity index is 352. The molecule has 1 aromatic heterocycles. The topological polar surface area (TPSA) is 39.1 Å². The third-order valence-electron chi connectivity index (χ3n) is 2.87. The summed E-state index contributed by atoms with van der Waals surface area (Å²) in [6, 6.07) is 0.358. The Hall–Kier alpha value is -0.580. The zero-order valence-corrected chi connectivity index (χ0v) is 11.8. The Balaban J connectivity index is 2.67. The molecule has 1 aromatic rings. The van der Waals surface area contributed by atoms with E-state index in [1.54, 1.807) is 7.11 Å². The molecule has 0 aliphatic heterocycles. The summed E-state index contributed by atoms with van der Waals surface area (Å²) in [6.07, 6.45) is 1.03. The second kappa shape index (κ2) is 6.99. The van der Waals surface area contributed by atoms with Crippen molar-refractivity contribution in [2.45, 2.75) is 46.3 Å². The molecule has 0 radical (unpaired) electrons. The zero-order chi connectivity index (χ0) is 12.8. The number of halogens is 1. The molecule has 0 aliphatic carbocycles. The molecule has 4 nitrogen and oxygen atoms in total. The van der Waals surface area contributed by atoms with Crippen molar-refractivity contribution in [2.24, 2.45) is 0 Å². The van der Waals surface area contributed by atoms with Gasteiger partial charge in [0.2, 0.25) is 0 Å². The van der Waals surface area contributed by atoms with Crippen LogP contribution in [0.2, 0.25) is 5.02 Å². The van der Waals surface area contributed by atoms with E-state index in [4.69, 9.17) is 16.3 Å². The maximum atomic E-state index is 6.24. The number of methoxy groups -OCH3 is 1. The van der Waals surface area contributed by atoms with Gasteiger partial charge in [0.05, 0.1) is 23.0 Å². The van der Waals surface area contributed by atoms with Gasteiger partial charge in [-0.3, -0.25) is 4.68 Å². The molecule has 0 amide bonds. The first-order valence-corrected chi connectivity index (χ1v) is 6.45. The number of aryl methyl sites for hydroxylation is 2.